The van der Waals surface area contributed by atoms with Gasteiger partial charge in [-0.1, -0.05) is 53.2 Å². The number of aliphatic hydroxyl groups is 16. The highest BCUT2D eigenvalue weighted by molar-refractivity contribution is 5.79. The summed E-state index contributed by atoms with van der Waals surface area (Å²) in [6.07, 6.45) is -31.3. The fraction of sp³-hybridized carbons (Fsp3) is 0.949. The molecule has 5 heterocycles. The van der Waals surface area contributed by atoms with Crippen molar-refractivity contribution in [1.82, 2.24) is 0 Å². The van der Waals surface area contributed by atoms with Gasteiger partial charge in [0.1, 0.15) is 110 Å². The quantitative estimate of drug-likeness (QED) is 0.0454. The van der Waals surface area contributed by atoms with Gasteiger partial charge >= 0.3 is 5.97 Å². The van der Waals surface area contributed by atoms with E-state index in [2.05, 4.69) is 40.7 Å². The highest BCUT2D eigenvalue weighted by atomic mass is 16.8. The summed E-state index contributed by atoms with van der Waals surface area (Å²) in [4.78, 5) is 15.2. The van der Waals surface area contributed by atoms with E-state index in [-0.39, 0.29) is 35.2 Å². The van der Waals surface area contributed by atoms with Crippen molar-refractivity contribution in [3.63, 3.8) is 0 Å². The van der Waals surface area contributed by atoms with Crippen molar-refractivity contribution in [2.45, 2.75) is 266 Å². The molecule has 33 atom stereocenters. The first-order valence-electron chi connectivity index (χ1n) is 30.8. The smallest absolute Gasteiger partial charge is 0.315 e. The predicted molar refractivity (Wildman–Crippen MR) is 289 cm³/mol. The fourth-order valence-electron chi connectivity index (χ4n) is 17.5. The number of carbonyl (C=O) groups is 1. The highest BCUT2D eigenvalue weighted by Crippen LogP contribution is 2.76. The molecule has 86 heavy (non-hydrogen) atoms. The largest absolute Gasteiger partial charge is 0.432 e. The van der Waals surface area contributed by atoms with E-state index in [0.717, 1.165) is 6.42 Å². The molecule has 0 aromatic carbocycles. The molecule has 0 aromatic rings. The van der Waals surface area contributed by atoms with Crippen molar-refractivity contribution in [3.8, 4) is 0 Å². The van der Waals surface area contributed by atoms with Crippen LogP contribution in [0.3, 0.4) is 0 Å². The lowest BCUT2D eigenvalue weighted by atomic mass is 9.33. The first-order chi connectivity index (χ1) is 40.4. The lowest BCUT2D eigenvalue weighted by Crippen LogP contribution is -2.67. The van der Waals surface area contributed by atoms with E-state index < -0.39 is 208 Å². The number of carbonyl (C=O) groups excluding carboxylic acids is 1. The average Bonchev–Trinajstić information content (AvgIpc) is 0.693. The second kappa shape index (κ2) is 24.9. The van der Waals surface area contributed by atoms with Gasteiger partial charge in [0.05, 0.1) is 50.7 Å². The molecule has 0 amide bonds. The van der Waals surface area contributed by atoms with Gasteiger partial charge in [0.25, 0.3) is 0 Å². The van der Waals surface area contributed by atoms with Gasteiger partial charge in [0, 0.05) is 5.41 Å². The van der Waals surface area contributed by atoms with Crippen molar-refractivity contribution in [3.05, 3.63) is 11.6 Å². The predicted octanol–water partition coefficient (Wildman–Crippen LogP) is -3.57. The lowest BCUT2D eigenvalue weighted by Gasteiger charge is -2.71. The molecular formula is C59H96O27. The Morgan fingerprint density at radius 2 is 1.12 bits per heavy atom. The molecule has 9 fully saturated rings. The first-order valence-corrected chi connectivity index (χ1v) is 30.8. The van der Waals surface area contributed by atoms with Gasteiger partial charge in [0.15, 0.2) is 25.2 Å². The minimum atomic E-state index is -1.87. The van der Waals surface area contributed by atoms with Crippen molar-refractivity contribution >= 4 is 5.97 Å². The maximum atomic E-state index is 15.2. The Kier molecular flexibility index (Phi) is 19.4. The zero-order valence-electron chi connectivity index (χ0n) is 50.0. The normalized spacial score (nSPS) is 54.8. The van der Waals surface area contributed by atoms with Crippen molar-refractivity contribution in [2.75, 3.05) is 33.0 Å². The van der Waals surface area contributed by atoms with Gasteiger partial charge in [-0.05, 0) is 111 Å². The number of esters is 1. The Morgan fingerprint density at radius 3 is 1.74 bits per heavy atom. The molecule has 0 aromatic heterocycles. The van der Waals surface area contributed by atoms with Gasteiger partial charge in [-0.3, -0.25) is 4.79 Å². The van der Waals surface area contributed by atoms with Crippen LogP contribution >= 0.6 is 0 Å². The number of aliphatic hydroxyl groups excluding tert-OH is 16. The third kappa shape index (κ3) is 11.2. The van der Waals surface area contributed by atoms with Crippen LogP contribution in [0.5, 0.6) is 0 Å². The average molecular weight is 1240 g/mol. The molecule has 10 aliphatic rings. The second-order valence-corrected chi connectivity index (χ2v) is 28.5. The maximum Gasteiger partial charge on any atom is 0.315 e. The Labute approximate surface area is 499 Å². The van der Waals surface area contributed by atoms with Crippen molar-refractivity contribution < 1.29 is 134 Å². The first kappa shape index (κ1) is 67.1. The second-order valence-electron chi connectivity index (χ2n) is 28.5. The van der Waals surface area contributed by atoms with Crippen LogP contribution in [0.15, 0.2) is 11.6 Å². The number of ether oxygens (including phenoxy) is 10. The third-order valence-corrected chi connectivity index (χ3v) is 23.3. The highest BCUT2D eigenvalue weighted by Gasteiger charge is 2.71. The molecule has 27 nitrogen and oxygen atoms in total. The van der Waals surface area contributed by atoms with Gasteiger partial charge < -0.3 is 129 Å². The molecule has 4 saturated carbocycles. The zero-order valence-corrected chi connectivity index (χ0v) is 50.0. The Hall–Kier alpha value is -1.79. The van der Waals surface area contributed by atoms with E-state index in [9.17, 15) is 81.7 Å². The Balaban J connectivity index is 0.871. The molecule has 494 valence electrons. The van der Waals surface area contributed by atoms with Crippen LogP contribution < -0.4 is 0 Å². The summed E-state index contributed by atoms with van der Waals surface area (Å²) >= 11 is 0. The molecule has 33 unspecified atom stereocenters. The van der Waals surface area contributed by atoms with Crippen molar-refractivity contribution in [1.29, 1.82) is 0 Å². The SMILES string of the molecule is CC1OC(OC2C(OC3CCC4(C)C(CCC5(C)C4CC=C4C6CC(C)(C)CCC6(C(=O)OC6OC(COC7OC(CO)C(O)C(O)C7O)C(O)C(O)C6O)CCC45C)C3(C)CO)OCC(OC3OC(CO)C(O)C(O)C3O)C2O)C(O)C(O)C1O. The summed E-state index contributed by atoms with van der Waals surface area (Å²) < 4.78 is 60.0. The van der Waals surface area contributed by atoms with Crippen LogP contribution in [0, 0.1) is 50.2 Å². The minimum absolute atomic E-state index is 0.0732. The van der Waals surface area contributed by atoms with Gasteiger partial charge in [-0.15, -0.1) is 0 Å². The fourth-order valence-corrected chi connectivity index (χ4v) is 17.5. The standard InChI is InChI=1S/C59H96O27/c1-24-34(63)39(68)44(73)49(79-24)85-47-38(67)30(83-50-45(74)41(70)36(65)28(20-61)81-50)22-78-52(47)84-33-11-12-55(4)31(56(33,5)23-62)10-13-58(7)32(55)9-8-25-26-18-54(2,3)14-16-59(26,17-15-57(25,58)6)53(76)86-51-46(75)42(71)37(66)29(82-51)21-77-48-43(72)40(69)35(64)27(19-60)80-48/h8,24,26-52,60-75H,9-23H2,1-7H3. The number of rotatable bonds is 14. The minimum Gasteiger partial charge on any atom is -0.432 e. The number of hydrogen-bond donors (Lipinski definition) is 16. The van der Waals surface area contributed by atoms with Crippen LogP contribution in [0.2, 0.25) is 0 Å². The molecule has 5 aliphatic carbocycles. The van der Waals surface area contributed by atoms with Crippen LogP contribution in [-0.4, -0.2) is 274 Å². The maximum absolute atomic E-state index is 15.2. The molecule has 10 rings (SSSR count). The number of hydrogen-bond acceptors (Lipinski definition) is 27. The van der Waals surface area contributed by atoms with Gasteiger partial charge in [0.2, 0.25) is 6.29 Å². The topological polar surface area (TPSA) is 433 Å². The molecular weight excluding hydrogens is 1140 g/mol. The molecule has 0 bridgehead atoms. The van der Waals surface area contributed by atoms with Gasteiger partial charge in [-0.25, -0.2) is 0 Å². The molecule has 16 N–H and O–H groups in total. The Morgan fingerprint density at radius 1 is 0.558 bits per heavy atom. The summed E-state index contributed by atoms with van der Waals surface area (Å²) in [6.45, 7) is 12.0. The van der Waals surface area contributed by atoms with E-state index in [1.54, 1.807) is 0 Å². The molecule has 0 radical (unpaired) electrons. The molecule has 5 aliphatic heterocycles. The molecule has 0 spiro atoms. The summed E-state index contributed by atoms with van der Waals surface area (Å²) in [7, 11) is 0. The van der Waals surface area contributed by atoms with Crippen LogP contribution in [0.4, 0.5) is 0 Å². The van der Waals surface area contributed by atoms with E-state index in [0.29, 0.717) is 57.8 Å². The zero-order chi connectivity index (χ0) is 62.7. The van der Waals surface area contributed by atoms with Gasteiger partial charge in [-0.2, -0.15) is 0 Å². The van der Waals surface area contributed by atoms with Crippen LogP contribution in [0.25, 0.3) is 0 Å². The van der Waals surface area contributed by atoms with E-state index in [1.807, 2.05) is 6.92 Å². The molecule has 5 saturated heterocycles. The summed E-state index contributed by atoms with van der Waals surface area (Å²) in [5, 5.41) is 172. The summed E-state index contributed by atoms with van der Waals surface area (Å²) in [6, 6.07) is 0. The number of fused-ring (bicyclic) bond motifs is 7. The number of allylic oxidation sites excluding steroid dienone is 2. The third-order valence-electron chi connectivity index (χ3n) is 23.3. The Bertz CT molecular complexity index is 2380. The molecule has 27 heteroatoms. The lowest BCUT2D eigenvalue weighted by molar-refractivity contribution is -0.381. The summed E-state index contributed by atoms with van der Waals surface area (Å²) in [5.41, 5.74) is -2.17. The summed E-state index contributed by atoms with van der Waals surface area (Å²) in [5.74, 6) is -0.979. The van der Waals surface area contributed by atoms with Crippen LogP contribution in [-0.2, 0) is 52.2 Å². The van der Waals surface area contributed by atoms with Crippen molar-refractivity contribution in [2.24, 2.45) is 50.2 Å². The van der Waals surface area contributed by atoms with E-state index >= 15 is 4.79 Å². The van der Waals surface area contributed by atoms with E-state index in [4.69, 9.17) is 47.4 Å². The monoisotopic (exact) mass is 1240 g/mol. The van der Waals surface area contributed by atoms with E-state index in [1.165, 1.54) is 12.5 Å². The van der Waals surface area contributed by atoms with Crippen LogP contribution in [0.1, 0.15) is 113 Å².